The first-order valence-corrected chi connectivity index (χ1v) is 6.98. The summed E-state index contributed by atoms with van der Waals surface area (Å²) in [7, 11) is 0. The molecule has 0 bridgehead atoms. The summed E-state index contributed by atoms with van der Waals surface area (Å²) in [5.41, 5.74) is 1.28. The third-order valence-corrected chi connectivity index (χ3v) is 3.76. The van der Waals surface area contributed by atoms with Gasteiger partial charge in [-0.15, -0.1) is 0 Å². The zero-order valence-corrected chi connectivity index (χ0v) is 10.9. The Labute approximate surface area is 108 Å². The van der Waals surface area contributed by atoms with E-state index in [0.29, 0.717) is 13.2 Å². The molecule has 1 fully saturated rings. The van der Waals surface area contributed by atoms with Crippen molar-refractivity contribution in [2.45, 2.75) is 38.8 Å². The van der Waals surface area contributed by atoms with Gasteiger partial charge < -0.3 is 14.8 Å². The number of ether oxygens (including phenoxy) is 2. The SMILES string of the molecule is CCCC1CC1NCc1ccc2c(c1)OCCO2. The van der Waals surface area contributed by atoms with Crippen LogP contribution in [0.25, 0.3) is 0 Å². The number of hydrogen-bond donors (Lipinski definition) is 1. The second-order valence-corrected chi connectivity index (χ2v) is 5.25. The molecule has 18 heavy (non-hydrogen) atoms. The zero-order valence-electron chi connectivity index (χ0n) is 10.9. The number of benzene rings is 1. The molecule has 2 unspecified atom stereocenters. The van der Waals surface area contributed by atoms with E-state index in [2.05, 4.69) is 24.4 Å². The van der Waals surface area contributed by atoms with Crippen molar-refractivity contribution < 1.29 is 9.47 Å². The van der Waals surface area contributed by atoms with Gasteiger partial charge in [0.05, 0.1) is 0 Å². The summed E-state index contributed by atoms with van der Waals surface area (Å²) in [6.07, 6.45) is 4.00. The molecule has 3 heteroatoms. The van der Waals surface area contributed by atoms with Crippen molar-refractivity contribution in [3.05, 3.63) is 23.8 Å². The molecule has 0 aromatic heterocycles. The second kappa shape index (κ2) is 5.19. The summed E-state index contributed by atoms with van der Waals surface area (Å²) in [4.78, 5) is 0. The Kier molecular flexibility index (Phi) is 3.41. The predicted octanol–water partition coefficient (Wildman–Crippen LogP) is 2.74. The topological polar surface area (TPSA) is 30.5 Å². The van der Waals surface area contributed by atoms with Gasteiger partial charge in [0.15, 0.2) is 11.5 Å². The molecule has 1 heterocycles. The smallest absolute Gasteiger partial charge is 0.161 e. The first-order chi connectivity index (χ1) is 8.86. The van der Waals surface area contributed by atoms with E-state index in [1.54, 1.807) is 0 Å². The molecule has 2 aliphatic rings. The van der Waals surface area contributed by atoms with Gasteiger partial charge in [0.2, 0.25) is 0 Å². The lowest BCUT2D eigenvalue weighted by Crippen LogP contribution is -2.19. The Hall–Kier alpha value is -1.22. The van der Waals surface area contributed by atoms with Crippen LogP contribution in [-0.2, 0) is 6.54 Å². The largest absolute Gasteiger partial charge is 0.486 e. The minimum Gasteiger partial charge on any atom is -0.486 e. The van der Waals surface area contributed by atoms with Crippen LogP contribution in [0.4, 0.5) is 0 Å². The lowest BCUT2D eigenvalue weighted by molar-refractivity contribution is 0.171. The number of fused-ring (bicyclic) bond motifs is 1. The highest BCUT2D eigenvalue weighted by molar-refractivity contribution is 5.43. The number of hydrogen-bond acceptors (Lipinski definition) is 3. The van der Waals surface area contributed by atoms with Gasteiger partial charge in [0.25, 0.3) is 0 Å². The summed E-state index contributed by atoms with van der Waals surface area (Å²) < 4.78 is 11.1. The fraction of sp³-hybridized carbons (Fsp3) is 0.600. The molecule has 3 nitrogen and oxygen atoms in total. The van der Waals surface area contributed by atoms with Crippen molar-refractivity contribution in [1.82, 2.24) is 5.32 Å². The van der Waals surface area contributed by atoms with Crippen LogP contribution in [0.5, 0.6) is 11.5 Å². The second-order valence-electron chi connectivity index (χ2n) is 5.25. The fourth-order valence-corrected chi connectivity index (χ4v) is 2.63. The van der Waals surface area contributed by atoms with Crippen LogP contribution in [0.2, 0.25) is 0 Å². The molecular weight excluding hydrogens is 226 g/mol. The minimum absolute atomic E-state index is 0.658. The van der Waals surface area contributed by atoms with Crippen molar-refractivity contribution in [1.29, 1.82) is 0 Å². The minimum atomic E-state index is 0.658. The van der Waals surface area contributed by atoms with E-state index in [4.69, 9.17) is 9.47 Å². The third kappa shape index (κ3) is 2.61. The van der Waals surface area contributed by atoms with Crippen LogP contribution in [-0.4, -0.2) is 19.3 Å². The molecule has 0 radical (unpaired) electrons. The summed E-state index contributed by atoms with van der Waals surface area (Å²) in [5.74, 6) is 2.67. The summed E-state index contributed by atoms with van der Waals surface area (Å²) in [6, 6.07) is 6.97. The lowest BCUT2D eigenvalue weighted by atomic mass is 10.2. The molecule has 1 aromatic carbocycles. The zero-order chi connectivity index (χ0) is 12.4. The van der Waals surface area contributed by atoms with Crippen LogP contribution >= 0.6 is 0 Å². The average Bonchev–Trinajstić information content (AvgIpc) is 3.15. The first-order valence-electron chi connectivity index (χ1n) is 6.98. The quantitative estimate of drug-likeness (QED) is 0.868. The average molecular weight is 247 g/mol. The fourth-order valence-electron chi connectivity index (χ4n) is 2.63. The van der Waals surface area contributed by atoms with E-state index in [1.165, 1.54) is 24.8 Å². The molecule has 3 rings (SSSR count). The van der Waals surface area contributed by atoms with Crippen molar-refractivity contribution in [3.63, 3.8) is 0 Å². The Bertz CT molecular complexity index is 419. The van der Waals surface area contributed by atoms with Gasteiger partial charge in [-0.1, -0.05) is 19.4 Å². The molecule has 1 aromatic rings. The summed E-state index contributed by atoms with van der Waals surface area (Å²) in [6.45, 7) is 4.51. The molecular formula is C15H21NO2. The maximum atomic E-state index is 5.59. The molecule has 1 saturated carbocycles. The summed E-state index contributed by atoms with van der Waals surface area (Å²) >= 11 is 0. The maximum Gasteiger partial charge on any atom is 0.161 e. The molecule has 1 aliphatic carbocycles. The van der Waals surface area contributed by atoms with Gasteiger partial charge >= 0.3 is 0 Å². The van der Waals surface area contributed by atoms with Gasteiger partial charge in [-0.3, -0.25) is 0 Å². The van der Waals surface area contributed by atoms with Crippen LogP contribution in [0.1, 0.15) is 31.7 Å². The van der Waals surface area contributed by atoms with E-state index >= 15 is 0 Å². The molecule has 98 valence electrons. The highest BCUT2D eigenvalue weighted by atomic mass is 16.6. The molecule has 0 amide bonds. The number of rotatable bonds is 5. The molecule has 0 spiro atoms. The van der Waals surface area contributed by atoms with E-state index in [1.807, 2.05) is 6.07 Å². The van der Waals surface area contributed by atoms with Gasteiger partial charge in [0, 0.05) is 12.6 Å². The van der Waals surface area contributed by atoms with E-state index in [0.717, 1.165) is 30.0 Å². The van der Waals surface area contributed by atoms with Crippen molar-refractivity contribution in [2.75, 3.05) is 13.2 Å². The van der Waals surface area contributed by atoms with Gasteiger partial charge in [-0.2, -0.15) is 0 Å². The highest BCUT2D eigenvalue weighted by Crippen LogP contribution is 2.35. The lowest BCUT2D eigenvalue weighted by Gasteiger charge is -2.19. The highest BCUT2D eigenvalue weighted by Gasteiger charge is 2.35. The van der Waals surface area contributed by atoms with Gasteiger partial charge in [-0.25, -0.2) is 0 Å². The Morgan fingerprint density at radius 2 is 2.06 bits per heavy atom. The van der Waals surface area contributed by atoms with Crippen LogP contribution in [0, 0.1) is 5.92 Å². The third-order valence-electron chi connectivity index (χ3n) is 3.76. The van der Waals surface area contributed by atoms with Crippen molar-refractivity contribution in [2.24, 2.45) is 5.92 Å². The van der Waals surface area contributed by atoms with Gasteiger partial charge in [0.1, 0.15) is 13.2 Å². The normalized spacial score (nSPS) is 24.9. The standard InChI is InChI=1S/C15H21NO2/c1-2-3-12-9-13(12)16-10-11-4-5-14-15(8-11)18-7-6-17-14/h4-5,8,12-13,16H,2-3,6-7,9-10H2,1H3. The summed E-state index contributed by atoms with van der Waals surface area (Å²) in [5, 5.41) is 3.62. The predicted molar refractivity (Wildman–Crippen MR) is 71.1 cm³/mol. The molecule has 1 N–H and O–H groups in total. The maximum absolute atomic E-state index is 5.59. The Morgan fingerprint density at radius 3 is 2.89 bits per heavy atom. The Balaban J connectivity index is 1.54. The monoisotopic (exact) mass is 247 g/mol. The number of nitrogens with one attached hydrogen (secondary N) is 1. The Morgan fingerprint density at radius 1 is 1.22 bits per heavy atom. The van der Waals surface area contributed by atoms with Crippen LogP contribution in [0.15, 0.2) is 18.2 Å². The molecule has 0 saturated heterocycles. The van der Waals surface area contributed by atoms with E-state index in [9.17, 15) is 0 Å². The van der Waals surface area contributed by atoms with Crippen LogP contribution < -0.4 is 14.8 Å². The first kappa shape index (κ1) is 11.8. The molecule has 1 aliphatic heterocycles. The van der Waals surface area contributed by atoms with Crippen molar-refractivity contribution in [3.8, 4) is 11.5 Å². The van der Waals surface area contributed by atoms with Gasteiger partial charge in [-0.05, 0) is 36.5 Å². The molecule has 2 atom stereocenters. The van der Waals surface area contributed by atoms with Crippen LogP contribution in [0.3, 0.4) is 0 Å². The van der Waals surface area contributed by atoms with Crippen molar-refractivity contribution >= 4 is 0 Å². The van der Waals surface area contributed by atoms with E-state index in [-0.39, 0.29) is 0 Å². The van der Waals surface area contributed by atoms with E-state index < -0.39 is 0 Å².